The molecule has 0 unspecified atom stereocenters. The van der Waals surface area contributed by atoms with Gasteiger partial charge in [0.2, 0.25) is 5.91 Å². The topological polar surface area (TPSA) is 106 Å². The molecule has 0 saturated heterocycles. The maximum absolute atomic E-state index is 12.3. The second kappa shape index (κ2) is 14.0. The first-order chi connectivity index (χ1) is 13.1. The van der Waals surface area contributed by atoms with E-state index in [2.05, 4.69) is 27.3 Å². The van der Waals surface area contributed by atoms with Crippen molar-refractivity contribution in [3.8, 4) is 0 Å². The lowest BCUT2D eigenvalue weighted by molar-refractivity contribution is -0.140. The number of unbranched alkanes of at least 4 members (excludes halogenated alkanes) is 1. The minimum atomic E-state index is -0.513. The number of amides is 2. The second-order valence-electron chi connectivity index (χ2n) is 7.69. The van der Waals surface area contributed by atoms with Gasteiger partial charge in [0, 0.05) is 26.2 Å². The number of hydrogen-bond donors (Lipinski definition) is 3. The minimum Gasteiger partial charge on any atom is -0.469 e. The van der Waals surface area contributed by atoms with Crippen LogP contribution in [-0.2, 0) is 19.1 Å². The van der Waals surface area contributed by atoms with Gasteiger partial charge >= 0.3 is 12.1 Å². The molecule has 0 saturated carbocycles. The standard InChI is InChI=1S/C20H37N3O5/c1-15(2)16(9-7-8-11-23-19(26)28-20(3,4)5)18(25)22-14-13-21-12-10-17(24)27-6/h16,21H,1,7-14H2,2-6H3,(H,22,25)(H,23,26)/t16-/m1/s1. The molecule has 1 atom stereocenters. The van der Waals surface area contributed by atoms with Crippen LogP contribution in [-0.4, -0.2) is 56.9 Å². The van der Waals surface area contributed by atoms with E-state index in [1.807, 2.05) is 27.7 Å². The summed E-state index contributed by atoms with van der Waals surface area (Å²) in [6, 6.07) is 0. The van der Waals surface area contributed by atoms with Crippen LogP contribution in [0.3, 0.4) is 0 Å². The van der Waals surface area contributed by atoms with Gasteiger partial charge < -0.3 is 25.4 Å². The summed E-state index contributed by atoms with van der Waals surface area (Å²) < 4.78 is 9.73. The molecular formula is C20H37N3O5. The number of esters is 1. The molecule has 2 amide bonds. The van der Waals surface area contributed by atoms with E-state index in [-0.39, 0.29) is 17.8 Å². The first kappa shape index (κ1) is 25.9. The lowest BCUT2D eigenvalue weighted by atomic mass is 9.94. The largest absolute Gasteiger partial charge is 0.469 e. The van der Waals surface area contributed by atoms with Gasteiger partial charge in [0.05, 0.1) is 19.4 Å². The Labute approximate surface area is 168 Å². The van der Waals surface area contributed by atoms with Gasteiger partial charge in [-0.25, -0.2) is 4.79 Å². The maximum atomic E-state index is 12.3. The Morgan fingerprint density at radius 3 is 2.25 bits per heavy atom. The Morgan fingerprint density at radius 2 is 1.68 bits per heavy atom. The summed E-state index contributed by atoms with van der Waals surface area (Å²) in [5.41, 5.74) is 0.303. The molecule has 28 heavy (non-hydrogen) atoms. The van der Waals surface area contributed by atoms with Crippen LogP contribution in [0.5, 0.6) is 0 Å². The van der Waals surface area contributed by atoms with Crippen LogP contribution < -0.4 is 16.0 Å². The Balaban J connectivity index is 3.98. The highest BCUT2D eigenvalue weighted by molar-refractivity contribution is 5.81. The average molecular weight is 400 g/mol. The number of ether oxygens (including phenoxy) is 2. The Bertz CT molecular complexity index is 514. The van der Waals surface area contributed by atoms with Crippen LogP contribution in [0.2, 0.25) is 0 Å². The van der Waals surface area contributed by atoms with E-state index >= 15 is 0 Å². The fourth-order valence-electron chi connectivity index (χ4n) is 2.39. The molecule has 0 fully saturated rings. The monoisotopic (exact) mass is 399 g/mol. The first-order valence-electron chi connectivity index (χ1n) is 9.74. The molecule has 0 aliphatic heterocycles. The Hall–Kier alpha value is -2.09. The molecule has 0 aliphatic rings. The van der Waals surface area contributed by atoms with E-state index in [1.54, 1.807) is 0 Å². The van der Waals surface area contributed by atoms with Crippen molar-refractivity contribution in [2.24, 2.45) is 5.92 Å². The number of carbonyl (C=O) groups is 3. The van der Waals surface area contributed by atoms with Crippen LogP contribution >= 0.6 is 0 Å². The van der Waals surface area contributed by atoms with Crippen LogP contribution in [0.4, 0.5) is 4.79 Å². The van der Waals surface area contributed by atoms with Gasteiger partial charge in [-0.1, -0.05) is 18.6 Å². The fraction of sp³-hybridized carbons (Fsp3) is 0.750. The summed E-state index contributed by atoms with van der Waals surface area (Å²) in [6.07, 6.45) is 2.09. The number of methoxy groups -OCH3 is 1. The van der Waals surface area contributed by atoms with E-state index in [9.17, 15) is 14.4 Å². The Morgan fingerprint density at radius 1 is 1.00 bits per heavy atom. The summed E-state index contributed by atoms with van der Waals surface area (Å²) in [5, 5.41) is 8.67. The molecule has 0 radical (unpaired) electrons. The van der Waals surface area contributed by atoms with Gasteiger partial charge in [0.1, 0.15) is 5.60 Å². The van der Waals surface area contributed by atoms with Gasteiger partial charge in [-0.2, -0.15) is 0 Å². The van der Waals surface area contributed by atoms with Gasteiger partial charge in [-0.15, -0.1) is 0 Å². The van der Waals surface area contributed by atoms with Crippen molar-refractivity contribution in [3.05, 3.63) is 12.2 Å². The van der Waals surface area contributed by atoms with Gasteiger partial charge in [-0.3, -0.25) is 9.59 Å². The van der Waals surface area contributed by atoms with Crippen molar-refractivity contribution in [2.45, 2.75) is 59.0 Å². The highest BCUT2D eigenvalue weighted by atomic mass is 16.6. The normalized spacial score (nSPS) is 12.0. The number of hydrogen-bond acceptors (Lipinski definition) is 6. The maximum Gasteiger partial charge on any atom is 0.407 e. The van der Waals surface area contributed by atoms with E-state index in [1.165, 1.54) is 7.11 Å². The first-order valence-corrected chi connectivity index (χ1v) is 9.74. The van der Waals surface area contributed by atoms with E-state index < -0.39 is 11.7 Å². The molecule has 0 spiro atoms. The quantitative estimate of drug-likeness (QED) is 0.249. The van der Waals surface area contributed by atoms with Gasteiger partial charge in [-0.05, 0) is 40.5 Å². The lowest BCUT2D eigenvalue weighted by Gasteiger charge is -2.20. The highest BCUT2D eigenvalue weighted by Crippen LogP contribution is 2.16. The van der Waals surface area contributed by atoms with Crippen molar-refractivity contribution in [3.63, 3.8) is 0 Å². The third-order valence-electron chi connectivity index (χ3n) is 3.83. The van der Waals surface area contributed by atoms with Crippen LogP contribution in [0, 0.1) is 5.92 Å². The smallest absolute Gasteiger partial charge is 0.407 e. The van der Waals surface area contributed by atoms with Crippen LogP contribution in [0.25, 0.3) is 0 Å². The molecule has 0 aromatic carbocycles. The summed E-state index contributed by atoms with van der Waals surface area (Å²) in [4.78, 5) is 34.9. The molecule has 8 heteroatoms. The lowest BCUT2D eigenvalue weighted by Crippen LogP contribution is -2.36. The van der Waals surface area contributed by atoms with E-state index in [4.69, 9.17) is 4.74 Å². The Kier molecular flexibility index (Phi) is 12.9. The summed E-state index contributed by atoms with van der Waals surface area (Å²) in [7, 11) is 1.36. The molecule has 162 valence electrons. The SMILES string of the molecule is C=C(C)[C@@H](CCCCNC(=O)OC(C)(C)C)C(=O)NCCNCCC(=O)OC. The van der Waals surface area contributed by atoms with Crippen LogP contribution in [0.15, 0.2) is 12.2 Å². The predicted octanol–water partition coefficient (Wildman–Crippen LogP) is 2.14. The predicted molar refractivity (Wildman–Crippen MR) is 109 cm³/mol. The van der Waals surface area contributed by atoms with Crippen molar-refractivity contribution < 1.29 is 23.9 Å². The van der Waals surface area contributed by atoms with Crippen molar-refractivity contribution in [1.29, 1.82) is 0 Å². The number of carbonyl (C=O) groups excluding carboxylic acids is 3. The number of nitrogens with one attached hydrogen (secondary N) is 3. The highest BCUT2D eigenvalue weighted by Gasteiger charge is 2.19. The fourth-order valence-corrected chi connectivity index (χ4v) is 2.39. The van der Waals surface area contributed by atoms with E-state index in [0.29, 0.717) is 39.0 Å². The van der Waals surface area contributed by atoms with Gasteiger partial charge in [0.25, 0.3) is 0 Å². The van der Waals surface area contributed by atoms with Crippen molar-refractivity contribution >= 4 is 18.0 Å². The third-order valence-corrected chi connectivity index (χ3v) is 3.83. The molecular weight excluding hydrogens is 362 g/mol. The zero-order chi connectivity index (χ0) is 21.6. The number of alkyl carbamates (subject to hydrolysis) is 1. The van der Waals surface area contributed by atoms with Crippen molar-refractivity contribution in [2.75, 3.05) is 33.3 Å². The molecule has 0 aromatic heterocycles. The molecule has 8 nitrogen and oxygen atoms in total. The summed E-state index contributed by atoms with van der Waals surface area (Å²) >= 11 is 0. The van der Waals surface area contributed by atoms with Gasteiger partial charge in [0.15, 0.2) is 0 Å². The molecule has 3 N–H and O–H groups in total. The minimum absolute atomic E-state index is 0.0534. The van der Waals surface area contributed by atoms with Crippen molar-refractivity contribution in [1.82, 2.24) is 16.0 Å². The van der Waals surface area contributed by atoms with E-state index in [0.717, 1.165) is 18.4 Å². The van der Waals surface area contributed by atoms with Crippen LogP contribution in [0.1, 0.15) is 53.4 Å². The zero-order valence-corrected chi connectivity index (χ0v) is 18.0. The second-order valence-corrected chi connectivity index (χ2v) is 7.69. The molecule has 0 aromatic rings. The number of rotatable bonds is 13. The molecule has 0 rings (SSSR count). The molecule has 0 heterocycles. The molecule has 0 aliphatic carbocycles. The zero-order valence-electron chi connectivity index (χ0n) is 18.0. The average Bonchev–Trinajstić information content (AvgIpc) is 2.58. The summed E-state index contributed by atoms with van der Waals surface area (Å²) in [5.74, 6) is -0.570. The third kappa shape index (κ3) is 14.0. The summed E-state index contributed by atoms with van der Waals surface area (Å²) in [6.45, 7) is 13.3. The molecule has 0 bridgehead atoms.